The molecule has 0 radical (unpaired) electrons. The van der Waals surface area contributed by atoms with Gasteiger partial charge in [-0.15, -0.1) is 0 Å². The van der Waals surface area contributed by atoms with E-state index in [-0.39, 0.29) is 18.5 Å². The molecule has 432 valence electrons. The van der Waals surface area contributed by atoms with Crippen LogP contribution in [0.15, 0.2) is 24.3 Å². The third-order valence-electron chi connectivity index (χ3n) is 15.5. The van der Waals surface area contributed by atoms with E-state index < -0.39 is 12.1 Å². The summed E-state index contributed by atoms with van der Waals surface area (Å²) in [5.74, 6) is -0.0221. The molecule has 6 heteroatoms. The Labute approximate surface area is 456 Å². The highest BCUT2D eigenvalue weighted by Crippen LogP contribution is 2.18. The van der Waals surface area contributed by atoms with Gasteiger partial charge in [-0.2, -0.15) is 0 Å². The number of hydrogen-bond donors (Lipinski definition) is 3. The van der Waals surface area contributed by atoms with Crippen LogP contribution in [0.2, 0.25) is 0 Å². The van der Waals surface area contributed by atoms with Crippen molar-refractivity contribution in [1.82, 2.24) is 5.32 Å². The molecule has 1 amide bonds. The molecule has 0 aromatic heterocycles. The maximum Gasteiger partial charge on any atom is 0.305 e. The van der Waals surface area contributed by atoms with E-state index in [1.165, 1.54) is 283 Å². The lowest BCUT2D eigenvalue weighted by Gasteiger charge is -2.22. The topological polar surface area (TPSA) is 95.9 Å². The van der Waals surface area contributed by atoms with Crippen LogP contribution in [0, 0.1) is 0 Å². The molecule has 0 aromatic rings. The minimum atomic E-state index is -0.662. The number of carbonyl (C=O) groups is 2. The van der Waals surface area contributed by atoms with Crippen molar-refractivity contribution in [3.63, 3.8) is 0 Å². The predicted molar refractivity (Wildman–Crippen MR) is 320 cm³/mol. The van der Waals surface area contributed by atoms with E-state index in [2.05, 4.69) is 43.5 Å². The van der Waals surface area contributed by atoms with Crippen LogP contribution >= 0.6 is 0 Å². The van der Waals surface area contributed by atoms with Crippen molar-refractivity contribution in [3.8, 4) is 0 Å². The fourth-order valence-electron chi connectivity index (χ4n) is 10.4. The molecule has 0 rings (SSSR count). The second kappa shape index (κ2) is 62.9. The van der Waals surface area contributed by atoms with Gasteiger partial charge in [0.15, 0.2) is 0 Å². The smallest absolute Gasteiger partial charge is 0.305 e. The van der Waals surface area contributed by atoms with Crippen molar-refractivity contribution < 1.29 is 24.5 Å². The minimum absolute atomic E-state index is 0.00959. The molecule has 2 unspecified atom stereocenters. The van der Waals surface area contributed by atoms with Crippen LogP contribution < -0.4 is 5.32 Å². The molecule has 3 N–H and O–H groups in total. The monoisotopic (exact) mass is 1030 g/mol. The van der Waals surface area contributed by atoms with Crippen LogP contribution in [0.3, 0.4) is 0 Å². The van der Waals surface area contributed by atoms with E-state index in [0.717, 1.165) is 51.4 Å². The standard InChI is InChI=1S/C67H129NO5/c1-3-5-7-9-11-13-15-17-18-19-30-33-37-41-45-49-53-57-61-67(72)73-62-58-54-50-46-42-38-34-31-28-26-24-22-20-21-23-25-27-29-32-36-40-44-48-52-56-60-66(71)68-64(63-69)65(70)59-55-51-47-43-39-35-16-14-12-10-8-6-4-2/h13,15,18-19,64-65,69-70H,3-12,14,16-17,20-63H2,1-2H3,(H,68,71)/b15-13-,19-18-. The highest BCUT2D eigenvalue weighted by atomic mass is 16.5. The minimum Gasteiger partial charge on any atom is -0.466 e. The summed E-state index contributed by atoms with van der Waals surface area (Å²) < 4.78 is 5.50. The Balaban J connectivity index is 3.34. The van der Waals surface area contributed by atoms with Gasteiger partial charge < -0.3 is 20.3 Å². The van der Waals surface area contributed by atoms with Crippen molar-refractivity contribution in [3.05, 3.63) is 24.3 Å². The van der Waals surface area contributed by atoms with Crippen LogP contribution in [-0.2, 0) is 14.3 Å². The van der Waals surface area contributed by atoms with Crippen LogP contribution in [0.5, 0.6) is 0 Å². The normalized spacial score (nSPS) is 12.7. The SMILES string of the molecule is CCCCCC/C=C\C/C=C\CCCCCCCCCC(=O)OCCCCCCCCCCCCCCCCCCCCCCCCCCCC(=O)NC(CO)C(O)CCCCCCCCCCCCCCC. The zero-order chi connectivity index (χ0) is 52.9. The molecule has 73 heavy (non-hydrogen) atoms. The number of amides is 1. The summed E-state index contributed by atoms with van der Waals surface area (Å²) in [7, 11) is 0. The Morgan fingerprint density at radius 2 is 0.685 bits per heavy atom. The fourth-order valence-corrected chi connectivity index (χ4v) is 10.4. The van der Waals surface area contributed by atoms with E-state index in [0.29, 0.717) is 25.9 Å². The first-order valence-electron chi connectivity index (χ1n) is 33.1. The average Bonchev–Trinajstić information content (AvgIpc) is 3.39. The lowest BCUT2D eigenvalue weighted by atomic mass is 10.0. The van der Waals surface area contributed by atoms with Crippen molar-refractivity contribution in [1.29, 1.82) is 0 Å². The largest absolute Gasteiger partial charge is 0.466 e. The number of allylic oxidation sites excluding steroid dienone is 4. The van der Waals surface area contributed by atoms with Crippen LogP contribution in [0.25, 0.3) is 0 Å². The molecule has 0 aliphatic carbocycles. The molecule has 0 fully saturated rings. The first-order valence-corrected chi connectivity index (χ1v) is 33.1. The third kappa shape index (κ3) is 59.4. The van der Waals surface area contributed by atoms with Crippen molar-refractivity contribution >= 4 is 11.9 Å². The van der Waals surface area contributed by atoms with Gasteiger partial charge in [0.25, 0.3) is 0 Å². The summed E-state index contributed by atoms with van der Waals surface area (Å²) in [6, 6.07) is -0.539. The Hall–Kier alpha value is -1.66. The number of carbonyl (C=O) groups excluding carboxylic acids is 2. The number of aliphatic hydroxyl groups is 2. The van der Waals surface area contributed by atoms with Crippen molar-refractivity contribution in [2.24, 2.45) is 0 Å². The number of unbranched alkanes of at least 4 members (excludes halogenated alkanes) is 47. The average molecular weight is 1030 g/mol. The predicted octanol–water partition coefficient (Wildman–Crippen LogP) is 21.0. The first kappa shape index (κ1) is 71.3. The van der Waals surface area contributed by atoms with Crippen LogP contribution in [0.1, 0.15) is 367 Å². The van der Waals surface area contributed by atoms with Gasteiger partial charge in [-0.25, -0.2) is 0 Å². The van der Waals surface area contributed by atoms with E-state index >= 15 is 0 Å². The molecule has 0 bridgehead atoms. The molecule has 0 aliphatic heterocycles. The lowest BCUT2D eigenvalue weighted by molar-refractivity contribution is -0.143. The Kier molecular flexibility index (Phi) is 61.4. The van der Waals surface area contributed by atoms with Gasteiger partial charge in [0.1, 0.15) is 0 Å². The summed E-state index contributed by atoms with van der Waals surface area (Å²) in [4.78, 5) is 24.6. The molecule has 6 nitrogen and oxygen atoms in total. The zero-order valence-corrected chi connectivity index (χ0v) is 49.4. The summed E-state index contributed by atoms with van der Waals surface area (Å²) in [6.07, 6.45) is 77.8. The number of ether oxygens (including phenoxy) is 1. The second-order valence-corrected chi connectivity index (χ2v) is 22.8. The van der Waals surface area contributed by atoms with Crippen LogP contribution in [0.4, 0.5) is 0 Å². The lowest BCUT2D eigenvalue weighted by Crippen LogP contribution is -2.45. The molecule has 0 aliphatic rings. The van der Waals surface area contributed by atoms with Gasteiger partial charge in [0.2, 0.25) is 5.91 Å². The van der Waals surface area contributed by atoms with Gasteiger partial charge in [-0.1, -0.05) is 321 Å². The number of nitrogens with one attached hydrogen (secondary N) is 1. The van der Waals surface area contributed by atoms with E-state index in [1.807, 2.05) is 0 Å². The Morgan fingerprint density at radius 1 is 0.384 bits per heavy atom. The Morgan fingerprint density at radius 3 is 1.05 bits per heavy atom. The summed E-state index contributed by atoms with van der Waals surface area (Å²) in [5.41, 5.74) is 0. The van der Waals surface area contributed by atoms with E-state index in [9.17, 15) is 19.8 Å². The quantitative estimate of drug-likeness (QED) is 0.0320. The third-order valence-corrected chi connectivity index (χ3v) is 15.5. The maximum atomic E-state index is 12.5. The number of esters is 1. The molecule has 2 atom stereocenters. The Bertz CT molecular complexity index is 1140. The summed E-state index contributed by atoms with van der Waals surface area (Å²) in [5, 5.41) is 23.3. The molecular weight excluding hydrogens is 899 g/mol. The highest BCUT2D eigenvalue weighted by Gasteiger charge is 2.20. The van der Waals surface area contributed by atoms with E-state index in [1.54, 1.807) is 0 Å². The summed E-state index contributed by atoms with van der Waals surface area (Å²) >= 11 is 0. The zero-order valence-electron chi connectivity index (χ0n) is 49.4. The molecule has 0 spiro atoms. The highest BCUT2D eigenvalue weighted by molar-refractivity contribution is 5.76. The number of aliphatic hydroxyl groups excluding tert-OH is 2. The van der Waals surface area contributed by atoms with Gasteiger partial charge in [0, 0.05) is 12.8 Å². The van der Waals surface area contributed by atoms with Crippen LogP contribution in [-0.4, -0.2) is 47.4 Å². The van der Waals surface area contributed by atoms with Gasteiger partial charge in [-0.05, 0) is 57.8 Å². The summed E-state index contributed by atoms with van der Waals surface area (Å²) in [6.45, 7) is 4.96. The maximum absolute atomic E-state index is 12.5. The molecule has 0 saturated carbocycles. The van der Waals surface area contributed by atoms with Gasteiger partial charge in [-0.3, -0.25) is 9.59 Å². The van der Waals surface area contributed by atoms with Gasteiger partial charge in [0.05, 0.1) is 25.4 Å². The van der Waals surface area contributed by atoms with Gasteiger partial charge >= 0.3 is 5.97 Å². The number of rotatable bonds is 62. The molecule has 0 saturated heterocycles. The van der Waals surface area contributed by atoms with E-state index in [4.69, 9.17) is 4.74 Å². The molecule has 0 aromatic carbocycles. The van der Waals surface area contributed by atoms with Crippen molar-refractivity contribution in [2.75, 3.05) is 13.2 Å². The molecular formula is C67H129NO5. The first-order chi connectivity index (χ1) is 36.0. The van der Waals surface area contributed by atoms with Crippen molar-refractivity contribution in [2.45, 2.75) is 379 Å². The number of hydrogen-bond acceptors (Lipinski definition) is 5. The molecule has 0 heterocycles. The fraction of sp³-hybridized carbons (Fsp3) is 0.910. The second-order valence-electron chi connectivity index (χ2n) is 22.8.